The Morgan fingerprint density at radius 1 is 1.32 bits per heavy atom. The highest BCUT2D eigenvalue weighted by Crippen LogP contribution is 2.42. The van der Waals surface area contributed by atoms with Gasteiger partial charge in [-0.1, -0.05) is 0 Å². The lowest BCUT2D eigenvalue weighted by Gasteiger charge is -2.41. The van der Waals surface area contributed by atoms with Crippen LogP contribution in [0.15, 0.2) is 4.99 Å². The van der Waals surface area contributed by atoms with E-state index >= 15 is 0 Å². The summed E-state index contributed by atoms with van der Waals surface area (Å²) in [5.74, 6) is 0.754. The maximum absolute atomic E-state index is 6.20. The molecule has 1 spiro atoms. The lowest BCUT2D eigenvalue weighted by molar-refractivity contribution is 0.0563. The van der Waals surface area contributed by atoms with E-state index in [0.717, 1.165) is 25.7 Å². The molecule has 0 amide bonds. The van der Waals surface area contributed by atoms with Gasteiger partial charge in [-0.05, 0) is 38.6 Å². The normalized spacial score (nSPS) is 42.3. The first-order valence-corrected chi connectivity index (χ1v) is 7.73. The van der Waals surface area contributed by atoms with E-state index in [1.54, 1.807) is 0 Å². The average molecular weight is 264 g/mol. The van der Waals surface area contributed by atoms with Crippen LogP contribution in [0.4, 0.5) is 0 Å². The lowest BCUT2D eigenvalue weighted by atomic mass is 9.87. The van der Waals surface area contributed by atoms with E-state index in [2.05, 4.69) is 14.8 Å². The Kier molecular flexibility index (Phi) is 2.74. The number of fused-ring (bicyclic) bond motifs is 2. The number of guanidine groups is 1. The first-order valence-electron chi connectivity index (χ1n) is 7.73. The van der Waals surface area contributed by atoms with Crippen molar-refractivity contribution >= 4 is 5.96 Å². The second-order valence-electron chi connectivity index (χ2n) is 6.47. The summed E-state index contributed by atoms with van der Waals surface area (Å²) < 4.78 is 5.81. The molecule has 3 unspecified atom stereocenters. The van der Waals surface area contributed by atoms with Gasteiger partial charge in [-0.3, -0.25) is 9.89 Å². The first kappa shape index (κ1) is 12.0. The first-order chi connectivity index (χ1) is 9.29. The standard InChI is InChI=1S/C14H24N4O/c15-13-16-10-14(5-7-17-6-1-4-12(14)17)18(13)9-11-3-2-8-19-11/h11-12H,1-10H2,(H2,15,16). The van der Waals surface area contributed by atoms with Gasteiger partial charge < -0.3 is 15.4 Å². The van der Waals surface area contributed by atoms with Crippen LogP contribution in [0.2, 0.25) is 0 Å². The van der Waals surface area contributed by atoms with E-state index in [4.69, 9.17) is 10.5 Å². The molecule has 4 aliphatic heterocycles. The van der Waals surface area contributed by atoms with Crippen molar-refractivity contribution in [2.24, 2.45) is 10.7 Å². The minimum absolute atomic E-state index is 0.187. The Labute approximate surface area is 114 Å². The Morgan fingerprint density at radius 3 is 3.11 bits per heavy atom. The summed E-state index contributed by atoms with van der Waals surface area (Å²) in [5, 5.41) is 0. The fourth-order valence-electron chi connectivity index (χ4n) is 4.59. The molecule has 3 atom stereocenters. The molecule has 0 radical (unpaired) electrons. The zero-order valence-electron chi connectivity index (χ0n) is 11.6. The Morgan fingerprint density at radius 2 is 2.26 bits per heavy atom. The van der Waals surface area contributed by atoms with Crippen molar-refractivity contribution in [1.29, 1.82) is 0 Å². The average Bonchev–Trinajstić information content (AvgIpc) is 3.13. The summed E-state index contributed by atoms with van der Waals surface area (Å²) in [6.07, 6.45) is 6.59. The molecular weight excluding hydrogens is 240 g/mol. The molecule has 3 fully saturated rings. The van der Waals surface area contributed by atoms with E-state index in [1.165, 1.54) is 45.2 Å². The topological polar surface area (TPSA) is 54.1 Å². The molecule has 0 aromatic carbocycles. The Balaban J connectivity index is 1.57. The molecule has 4 heterocycles. The van der Waals surface area contributed by atoms with Crippen molar-refractivity contribution in [1.82, 2.24) is 9.80 Å². The number of nitrogens with two attached hydrogens (primary N) is 1. The summed E-state index contributed by atoms with van der Waals surface area (Å²) in [6.45, 7) is 5.24. The Hall–Kier alpha value is -0.810. The van der Waals surface area contributed by atoms with Crippen molar-refractivity contribution in [3.05, 3.63) is 0 Å². The second kappa shape index (κ2) is 4.35. The predicted molar refractivity (Wildman–Crippen MR) is 74.1 cm³/mol. The molecule has 4 rings (SSSR count). The highest BCUT2D eigenvalue weighted by Gasteiger charge is 2.55. The SMILES string of the molecule is NC1=NCC2(CCN3CCCC32)N1CC1CCCO1. The van der Waals surface area contributed by atoms with Crippen LogP contribution >= 0.6 is 0 Å². The van der Waals surface area contributed by atoms with Gasteiger partial charge in [0.1, 0.15) is 0 Å². The number of hydrogen-bond donors (Lipinski definition) is 1. The van der Waals surface area contributed by atoms with Crippen LogP contribution in [0, 0.1) is 0 Å². The summed E-state index contributed by atoms with van der Waals surface area (Å²) in [5.41, 5.74) is 6.38. The van der Waals surface area contributed by atoms with Crippen molar-refractivity contribution < 1.29 is 4.74 Å². The lowest BCUT2D eigenvalue weighted by Crippen LogP contribution is -2.59. The molecule has 2 N–H and O–H groups in total. The maximum Gasteiger partial charge on any atom is 0.192 e. The van der Waals surface area contributed by atoms with E-state index < -0.39 is 0 Å². The van der Waals surface area contributed by atoms with E-state index in [-0.39, 0.29) is 5.54 Å². The molecule has 0 bridgehead atoms. The highest BCUT2D eigenvalue weighted by atomic mass is 16.5. The van der Waals surface area contributed by atoms with Gasteiger partial charge in [-0.2, -0.15) is 0 Å². The number of aliphatic imine (C=N–C) groups is 1. The highest BCUT2D eigenvalue weighted by molar-refractivity contribution is 5.81. The zero-order valence-corrected chi connectivity index (χ0v) is 11.6. The molecule has 5 nitrogen and oxygen atoms in total. The van der Waals surface area contributed by atoms with Crippen LogP contribution in [0.25, 0.3) is 0 Å². The van der Waals surface area contributed by atoms with Gasteiger partial charge in [-0.15, -0.1) is 0 Å². The summed E-state index contributed by atoms with van der Waals surface area (Å²) in [6, 6.07) is 0.665. The minimum Gasteiger partial charge on any atom is -0.376 e. The van der Waals surface area contributed by atoms with Gasteiger partial charge >= 0.3 is 0 Å². The van der Waals surface area contributed by atoms with Crippen LogP contribution in [0.5, 0.6) is 0 Å². The predicted octanol–water partition coefficient (Wildman–Crippen LogP) is 0.403. The van der Waals surface area contributed by atoms with Crippen molar-refractivity contribution in [3.63, 3.8) is 0 Å². The fraction of sp³-hybridized carbons (Fsp3) is 0.929. The van der Waals surface area contributed by atoms with Crippen LogP contribution in [-0.4, -0.2) is 66.2 Å². The van der Waals surface area contributed by atoms with Crippen LogP contribution in [-0.2, 0) is 4.74 Å². The third-order valence-corrected chi connectivity index (χ3v) is 5.56. The van der Waals surface area contributed by atoms with Gasteiger partial charge in [0.2, 0.25) is 0 Å². The molecule has 4 aliphatic rings. The van der Waals surface area contributed by atoms with Crippen molar-refractivity contribution in [3.8, 4) is 0 Å². The molecule has 5 heteroatoms. The van der Waals surface area contributed by atoms with Crippen molar-refractivity contribution in [2.45, 2.75) is 49.8 Å². The van der Waals surface area contributed by atoms with E-state index in [1.807, 2.05) is 0 Å². The summed E-state index contributed by atoms with van der Waals surface area (Å²) in [4.78, 5) is 9.64. The number of rotatable bonds is 2. The smallest absolute Gasteiger partial charge is 0.192 e. The van der Waals surface area contributed by atoms with Crippen LogP contribution in [0.1, 0.15) is 32.1 Å². The fourth-order valence-corrected chi connectivity index (χ4v) is 4.59. The third kappa shape index (κ3) is 1.71. The van der Waals surface area contributed by atoms with Crippen LogP contribution in [0.3, 0.4) is 0 Å². The molecule has 19 heavy (non-hydrogen) atoms. The molecule has 106 valence electrons. The Bertz CT molecular complexity index is 393. The van der Waals surface area contributed by atoms with Gasteiger partial charge in [0.25, 0.3) is 0 Å². The van der Waals surface area contributed by atoms with Gasteiger partial charge in [-0.25, -0.2) is 0 Å². The zero-order chi connectivity index (χ0) is 12.9. The molecule has 0 saturated carbocycles. The number of ether oxygens (including phenoxy) is 1. The van der Waals surface area contributed by atoms with Crippen LogP contribution < -0.4 is 5.73 Å². The molecule has 0 aliphatic carbocycles. The molecule has 0 aromatic rings. The van der Waals surface area contributed by atoms with Crippen molar-refractivity contribution in [2.75, 3.05) is 32.8 Å². The van der Waals surface area contributed by atoms with Gasteiger partial charge in [0, 0.05) is 25.7 Å². The van der Waals surface area contributed by atoms with E-state index in [9.17, 15) is 0 Å². The van der Waals surface area contributed by atoms with Gasteiger partial charge in [0.05, 0.1) is 18.2 Å². The maximum atomic E-state index is 6.20. The summed E-state index contributed by atoms with van der Waals surface area (Å²) in [7, 11) is 0. The second-order valence-corrected chi connectivity index (χ2v) is 6.47. The largest absolute Gasteiger partial charge is 0.376 e. The third-order valence-electron chi connectivity index (χ3n) is 5.56. The quantitative estimate of drug-likeness (QED) is 0.784. The monoisotopic (exact) mass is 264 g/mol. The molecular formula is C14H24N4O. The van der Waals surface area contributed by atoms with Gasteiger partial charge in [0.15, 0.2) is 5.96 Å². The molecule has 3 saturated heterocycles. The minimum atomic E-state index is 0.187. The number of nitrogens with zero attached hydrogens (tertiary/aromatic N) is 3. The summed E-state index contributed by atoms with van der Waals surface area (Å²) >= 11 is 0. The number of hydrogen-bond acceptors (Lipinski definition) is 5. The molecule has 0 aromatic heterocycles. The van der Waals surface area contributed by atoms with E-state index in [0.29, 0.717) is 12.1 Å².